The second-order valence-corrected chi connectivity index (χ2v) is 6.97. The molecule has 0 heterocycles. The predicted octanol–water partition coefficient (Wildman–Crippen LogP) is 4.32. The van der Waals surface area contributed by atoms with Gasteiger partial charge in [0.25, 0.3) is 0 Å². The van der Waals surface area contributed by atoms with Gasteiger partial charge in [-0.1, -0.05) is 6.58 Å². The highest BCUT2D eigenvalue weighted by Crippen LogP contribution is 2.50. The van der Waals surface area contributed by atoms with Crippen molar-refractivity contribution in [2.45, 2.75) is 38.7 Å². The third kappa shape index (κ3) is 5.51. The summed E-state index contributed by atoms with van der Waals surface area (Å²) in [6, 6.07) is 4.16. The molecule has 1 N–H and O–H groups in total. The number of alkyl carbamates (subject to hydrolysis) is 1. The fourth-order valence-corrected chi connectivity index (χ4v) is 2.48. The Balaban J connectivity index is 1.93. The largest absolute Gasteiger partial charge is 0.486 e. The van der Waals surface area contributed by atoms with Gasteiger partial charge in [0.2, 0.25) is 0 Å². The van der Waals surface area contributed by atoms with Crippen LogP contribution in [0.5, 0.6) is 5.75 Å². The first-order chi connectivity index (χ1) is 11.2. The summed E-state index contributed by atoms with van der Waals surface area (Å²) in [5.41, 5.74) is 0.137. The summed E-state index contributed by atoms with van der Waals surface area (Å²) >= 11 is 0. The van der Waals surface area contributed by atoms with E-state index in [1.54, 1.807) is 20.8 Å². The van der Waals surface area contributed by atoms with Crippen molar-refractivity contribution in [1.29, 1.82) is 0 Å². The highest BCUT2D eigenvalue weighted by Gasteiger charge is 2.40. The van der Waals surface area contributed by atoms with E-state index in [-0.39, 0.29) is 24.3 Å². The molecule has 24 heavy (non-hydrogen) atoms. The Morgan fingerprint density at radius 3 is 2.75 bits per heavy atom. The average Bonchev–Trinajstić information content (AvgIpc) is 3.21. The highest BCUT2D eigenvalue weighted by atomic mass is 19.1. The van der Waals surface area contributed by atoms with Crippen LogP contribution in [0, 0.1) is 11.7 Å². The average molecular weight is 339 g/mol. The number of rotatable bonds is 6. The van der Waals surface area contributed by atoms with E-state index < -0.39 is 17.5 Å². The van der Waals surface area contributed by atoms with Crippen LogP contribution >= 0.6 is 0 Å². The molecule has 0 aromatic heterocycles. The van der Waals surface area contributed by atoms with Crippen LogP contribution in [-0.2, 0) is 4.74 Å². The van der Waals surface area contributed by atoms with Gasteiger partial charge >= 0.3 is 6.09 Å². The fraction of sp³-hybridized carbons (Fsp3) is 0.500. The zero-order chi connectivity index (χ0) is 17.9. The van der Waals surface area contributed by atoms with Crippen molar-refractivity contribution in [2.75, 3.05) is 13.2 Å². The van der Waals surface area contributed by atoms with Crippen molar-refractivity contribution >= 4 is 6.09 Å². The van der Waals surface area contributed by atoms with E-state index in [1.807, 2.05) is 0 Å². The monoisotopic (exact) mass is 339 g/mol. The van der Waals surface area contributed by atoms with Crippen LogP contribution in [0.1, 0.15) is 38.7 Å². The molecule has 6 heteroatoms. The first kappa shape index (κ1) is 18.2. The van der Waals surface area contributed by atoms with Crippen molar-refractivity contribution in [1.82, 2.24) is 5.32 Å². The lowest BCUT2D eigenvalue weighted by Crippen LogP contribution is -2.33. The Labute approximate surface area is 140 Å². The molecule has 2 rings (SSSR count). The van der Waals surface area contributed by atoms with Crippen molar-refractivity contribution in [2.24, 2.45) is 5.92 Å². The zero-order valence-corrected chi connectivity index (χ0v) is 14.2. The molecule has 0 saturated heterocycles. The Morgan fingerprint density at radius 2 is 2.12 bits per heavy atom. The van der Waals surface area contributed by atoms with Gasteiger partial charge in [0.05, 0.1) is 0 Å². The van der Waals surface area contributed by atoms with Crippen LogP contribution in [0.3, 0.4) is 0 Å². The van der Waals surface area contributed by atoms with Gasteiger partial charge < -0.3 is 14.8 Å². The number of benzene rings is 1. The molecule has 132 valence electrons. The lowest BCUT2D eigenvalue weighted by atomic mass is 10.1. The molecule has 0 aliphatic heterocycles. The van der Waals surface area contributed by atoms with Crippen LogP contribution in [-0.4, -0.2) is 24.8 Å². The number of carbonyl (C=O) groups is 1. The minimum Gasteiger partial charge on any atom is -0.486 e. The number of carbonyl (C=O) groups excluding carboxylic acids is 1. The smallest absolute Gasteiger partial charge is 0.407 e. The van der Waals surface area contributed by atoms with Gasteiger partial charge in [-0.15, -0.1) is 0 Å². The standard InChI is InChI=1S/C18H23F2NO3/c1-11(19)10-23-16-6-5-13(20)8-15(16)14-7-12(14)9-21-17(22)24-18(2,3)4/h5-6,8,12,14H,1,7,9-10H2,2-4H3,(H,21,22). The summed E-state index contributed by atoms with van der Waals surface area (Å²) < 4.78 is 36.8. The van der Waals surface area contributed by atoms with E-state index in [4.69, 9.17) is 9.47 Å². The van der Waals surface area contributed by atoms with Crippen LogP contribution in [0.2, 0.25) is 0 Å². The van der Waals surface area contributed by atoms with Gasteiger partial charge in [0.15, 0.2) is 0 Å². The minimum atomic E-state index is -0.593. The maximum atomic E-state index is 13.5. The number of halogens is 2. The predicted molar refractivity (Wildman–Crippen MR) is 87.2 cm³/mol. The van der Waals surface area contributed by atoms with Gasteiger partial charge in [-0.3, -0.25) is 0 Å². The number of hydrogen-bond acceptors (Lipinski definition) is 3. The molecule has 1 aromatic rings. The Kier molecular flexibility index (Phi) is 5.47. The highest BCUT2D eigenvalue weighted by molar-refractivity contribution is 5.67. The molecule has 0 radical (unpaired) electrons. The number of amides is 1. The Bertz CT molecular complexity index is 625. The maximum Gasteiger partial charge on any atom is 0.407 e. The van der Waals surface area contributed by atoms with Gasteiger partial charge in [-0.05, 0) is 57.2 Å². The van der Waals surface area contributed by atoms with Crippen LogP contribution in [0.4, 0.5) is 13.6 Å². The summed E-state index contributed by atoms with van der Waals surface area (Å²) in [5.74, 6) is -0.278. The van der Waals surface area contributed by atoms with E-state index in [0.29, 0.717) is 17.9 Å². The third-order valence-electron chi connectivity index (χ3n) is 3.59. The molecule has 0 bridgehead atoms. The molecule has 2 atom stereocenters. The van der Waals surface area contributed by atoms with Crippen LogP contribution < -0.4 is 10.1 Å². The minimum absolute atomic E-state index is 0.0681. The molecule has 2 unspecified atom stereocenters. The molecule has 1 aliphatic carbocycles. The zero-order valence-electron chi connectivity index (χ0n) is 14.2. The summed E-state index contributed by atoms with van der Waals surface area (Å²) in [7, 11) is 0. The van der Waals surface area contributed by atoms with Crippen LogP contribution in [0.25, 0.3) is 0 Å². The molecular weight excluding hydrogens is 316 g/mol. The first-order valence-electron chi connectivity index (χ1n) is 7.88. The Hall–Kier alpha value is -2.11. The van der Waals surface area contributed by atoms with Gasteiger partial charge in [-0.2, -0.15) is 0 Å². The lowest BCUT2D eigenvalue weighted by molar-refractivity contribution is 0.0525. The fourth-order valence-electron chi connectivity index (χ4n) is 2.48. The number of nitrogens with one attached hydrogen (secondary N) is 1. The molecule has 4 nitrogen and oxygen atoms in total. The molecule has 1 fully saturated rings. The van der Waals surface area contributed by atoms with Crippen molar-refractivity contribution in [3.63, 3.8) is 0 Å². The molecule has 0 spiro atoms. The molecule has 1 aliphatic rings. The topological polar surface area (TPSA) is 47.6 Å². The van der Waals surface area contributed by atoms with Crippen molar-refractivity contribution in [3.8, 4) is 5.75 Å². The normalized spacial score (nSPS) is 19.5. The van der Waals surface area contributed by atoms with E-state index in [0.717, 1.165) is 6.42 Å². The van der Waals surface area contributed by atoms with Crippen molar-refractivity contribution < 1.29 is 23.0 Å². The Morgan fingerprint density at radius 1 is 1.42 bits per heavy atom. The summed E-state index contributed by atoms with van der Waals surface area (Å²) in [5, 5.41) is 2.72. The molecular formula is C18H23F2NO3. The number of hydrogen-bond donors (Lipinski definition) is 1. The second kappa shape index (κ2) is 7.20. The maximum absolute atomic E-state index is 13.5. The van der Waals surface area contributed by atoms with Gasteiger partial charge in [0, 0.05) is 12.1 Å². The first-order valence-corrected chi connectivity index (χ1v) is 7.88. The summed E-state index contributed by atoms with van der Waals surface area (Å²) in [6.07, 6.45) is 0.323. The van der Waals surface area contributed by atoms with Gasteiger partial charge in [0.1, 0.15) is 29.6 Å². The summed E-state index contributed by atoms with van der Waals surface area (Å²) in [6.45, 7) is 8.70. The van der Waals surface area contributed by atoms with E-state index in [1.165, 1.54) is 18.2 Å². The molecule has 1 amide bonds. The van der Waals surface area contributed by atoms with Gasteiger partial charge in [-0.25, -0.2) is 13.6 Å². The summed E-state index contributed by atoms with van der Waals surface area (Å²) in [4.78, 5) is 11.7. The third-order valence-corrected chi connectivity index (χ3v) is 3.59. The van der Waals surface area contributed by atoms with Crippen LogP contribution in [0.15, 0.2) is 30.6 Å². The second-order valence-electron chi connectivity index (χ2n) is 6.97. The molecule has 1 saturated carbocycles. The SMILES string of the molecule is C=C(F)COc1ccc(F)cc1C1CC1CNC(=O)OC(C)(C)C. The van der Waals surface area contributed by atoms with E-state index in [9.17, 15) is 13.6 Å². The van der Waals surface area contributed by atoms with E-state index >= 15 is 0 Å². The van der Waals surface area contributed by atoms with E-state index in [2.05, 4.69) is 11.9 Å². The van der Waals surface area contributed by atoms with Crippen molar-refractivity contribution in [3.05, 3.63) is 42.0 Å². The number of ether oxygens (including phenoxy) is 2. The lowest BCUT2D eigenvalue weighted by Gasteiger charge is -2.19. The molecule has 1 aromatic carbocycles. The quantitative estimate of drug-likeness (QED) is 0.840.